The van der Waals surface area contributed by atoms with E-state index in [-0.39, 0.29) is 0 Å². The van der Waals surface area contributed by atoms with Crippen molar-refractivity contribution in [3.63, 3.8) is 0 Å². The molecule has 3 rings (SSSR count). The van der Waals surface area contributed by atoms with Gasteiger partial charge in [0.1, 0.15) is 0 Å². The van der Waals surface area contributed by atoms with Crippen LogP contribution >= 0.6 is 0 Å². The van der Waals surface area contributed by atoms with Crippen molar-refractivity contribution in [2.24, 2.45) is 11.8 Å². The number of rotatable bonds is 4. The van der Waals surface area contributed by atoms with E-state index in [1.807, 2.05) is 18.5 Å². The molecule has 2 atom stereocenters. The monoisotopic (exact) mass is 300 g/mol. The fourth-order valence-electron chi connectivity index (χ4n) is 3.77. The molecule has 1 fully saturated rings. The van der Waals surface area contributed by atoms with Gasteiger partial charge in [-0.2, -0.15) is 0 Å². The standard InChI is InChI=1S/C18H28N4/c1-14-5-3-6-15(2)17(14)13-21-16-7-11-22(12-8-16)18-19-9-4-10-20-18/h4-5,9-10,15-17,21H,3,6-8,11-13H2,1-2H3/t15-,17+/m1/s1. The maximum atomic E-state index is 4.35. The van der Waals surface area contributed by atoms with Crippen molar-refractivity contribution in [1.82, 2.24) is 15.3 Å². The first-order valence-electron chi connectivity index (χ1n) is 8.66. The zero-order chi connectivity index (χ0) is 15.4. The molecule has 2 heterocycles. The third-order valence-electron chi connectivity index (χ3n) is 5.32. The van der Waals surface area contributed by atoms with Gasteiger partial charge < -0.3 is 10.2 Å². The Morgan fingerprint density at radius 2 is 1.91 bits per heavy atom. The molecule has 0 aromatic carbocycles. The van der Waals surface area contributed by atoms with Crippen LogP contribution in [0.15, 0.2) is 30.1 Å². The predicted molar refractivity (Wildman–Crippen MR) is 90.9 cm³/mol. The molecule has 0 unspecified atom stereocenters. The lowest BCUT2D eigenvalue weighted by Crippen LogP contribution is -2.45. The summed E-state index contributed by atoms with van der Waals surface area (Å²) in [6.07, 6.45) is 11.1. The van der Waals surface area contributed by atoms with Crippen LogP contribution in [0.2, 0.25) is 0 Å². The highest BCUT2D eigenvalue weighted by Gasteiger charge is 2.25. The van der Waals surface area contributed by atoms with E-state index in [4.69, 9.17) is 0 Å². The van der Waals surface area contributed by atoms with E-state index >= 15 is 0 Å². The van der Waals surface area contributed by atoms with Crippen LogP contribution < -0.4 is 10.2 Å². The molecule has 1 aliphatic heterocycles. The van der Waals surface area contributed by atoms with Crippen LogP contribution in [0.4, 0.5) is 5.95 Å². The molecule has 0 bridgehead atoms. The van der Waals surface area contributed by atoms with Gasteiger partial charge in [0, 0.05) is 38.1 Å². The van der Waals surface area contributed by atoms with Gasteiger partial charge in [-0.25, -0.2) is 9.97 Å². The first kappa shape index (κ1) is 15.5. The number of piperidine rings is 1. The van der Waals surface area contributed by atoms with E-state index in [1.165, 1.54) is 25.7 Å². The Balaban J connectivity index is 1.46. The molecule has 1 N–H and O–H groups in total. The van der Waals surface area contributed by atoms with Crippen molar-refractivity contribution in [2.45, 2.75) is 45.6 Å². The first-order chi connectivity index (χ1) is 10.7. The van der Waals surface area contributed by atoms with Crippen LogP contribution in [0, 0.1) is 11.8 Å². The minimum Gasteiger partial charge on any atom is -0.341 e. The van der Waals surface area contributed by atoms with E-state index in [2.05, 4.69) is 40.1 Å². The summed E-state index contributed by atoms with van der Waals surface area (Å²) >= 11 is 0. The fourth-order valence-corrected chi connectivity index (χ4v) is 3.77. The van der Waals surface area contributed by atoms with E-state index in [9.17, 15) is 0 Å². The predicted octanol–water partition coefficient (Wildman–Crippen LogP) is 3.03. The summed E-state index contributed by atoms with van der Waals surface area (Å²) < 4.78 is 0. The highest BCUT2D eigenvalue weighted by Crippen LogP contribution is 2.29. The molecule has 2 aliphatic rings. The summed E-state index contributed by atoms with van der Waals surface area (Å²) in [4.78, 5) is 11.0. The Hall–Kier alpha value is -1.42. The van der Waals surface area contributed by atoms with Gasteiger partial charge in [0.15, 0.2) is 0 Å². The first-order valence-corrected chi connectivity index (χ1v) is 8.66. The van der Waals surface area contributed by atoms with E-state index in [1.54, 1.807) is 5.57 Å². The van der Waals surface area contributed by atoms with Crippen molar-refractivity contribution < 1.29 is 0 Å². The van der Waals surface area contributed by atoms with Crippen LogP contribution in [0.1, 0.15) is 39.5 Å². The number of aromatic nitrogens is 2. The molecule has 1 aromatic heterocycles. The summed E-state index contributed by atoms with van der Waals surface area (Å²) in [5.41, 5.74) is 1.58. The smallest absolute Gasteiger partial charge is 0.225 e. The van der Waals surface area contributed by atoms with Gasteiger partial charge in [-0.15, -0.1) is 0 Å². The third-order valence-corrected chi connectivity index (χ3v) is 5.32. The quantitative estimate of drug-likeness (QED) is 0.868. The number of hydrogen-bond donors (Lipinski definition) is 1. The van der Waals surface area contributed by atoms with Crippen molar-refractivity contribution in [1.29, 1.82) is 0 Å². The van der Waals surface area contributed by atoms with Gasteiger partial charge in [-0.3, -0.25) is 0 Å². The van der Waals surface area contributed by atoms with Crippen LogP contribution in [-0.2, 0) is 0 Å². The van der Waals surface area contributed by atoms with Crippen LogP contribution in [0.5, 0.6) is 0 Å². The molecular formula is C18H28N4. The van der Waals surface area contributed by atoms with Gasteiger partial charge in [0.25, 0.3) is 0 Å². The second-order valence-electron chi connectivity index (χ2n) is 6.83. The summed E-state index contributed by atoms with van der Waals surface area (Å²) in [5.74, 6) is 2.42. The van der Waals surface area contributed by atoms with Crippen LogP contribution in [0.25, 0.3) is 0 Å². The van der Waals surface area contributed by atoms with Gasteiger partial charge in [-0.05, 0) is 50.5 Å². The lowest BCUT2D eigenvalue weighted by atomic mass is 9.80. The summed E-state index contributed by atoms with van der Waals surface area (Å²) in [6, 6.07) is 2.51. The second-order valence-corrected chi connectivity index (χ2v) is 6.83. The number of hydrogen-bond acceptors (Lipinski definition) is 4. The summed E-state index contributed by atoms with van der Waals surface area (Å²) in [5, 5.41) is 3.82. The van der Waals surface area contributed by atoms with Crippen LogP contribution in [0.3, 0.4) is 0 Å². The van der Waals surface area contributed by atoms with Crippen molar-refractivity contribution in [3.05, 3.63) is 30.1 Å². The molecule has 0 saturated carbocycles. The largest absolute Gasteiger partial charge is 0.341 e. The van der Waals surface area contributed by atoms with Gasteiger partial charge in [0.05, 0.1) is 0 Å². The second kappa shape index (κ2) is 7.23. The van der Waals surface area contributed by atoms with Gasteiger partial charge >= 0.3 is 0 Å². The SMILES string of the molecule is CC1=CCC[C@@H](C)[C@H]1CNC1CCN(c2ncccn2)CC1. The fraction of sp³-hybridized carbons (Fsp3) is 0.667. The van der Waals surface area contributed by atoms with E-state index < -0.39 is 0 Å². The number of nitrogens with one attached hydrogen (secondary N) is 1. The van der Waals surface area contributed by atoms with Crippen molar-refractivity contribution in [3.8, 4) is 0 Å². The number of anilines is 1. The van der Waals surface area contributed by atoms with Crippen molar-refractivity contribution >= 4 is 5.95 Å². The Morgan fingerprint density at radius 3 is 2.59 bits per heavy atom. The molecule has 1 aromatic rings. The van der Waals surface area contributed by atoms with Gasteiger partial charge in [0.2, 0.25) is 5.95 Å². The molecule has 0 spiro atoms. The Morgan fingerprint density at radius 1 is 1.18 bits per heavy atom. The molecule has 4 heteroatoms. The molecular weight excluding hydrogens is 272 g/mol. The minimum absolute atomic E-state index is 0.641. The average Bonchev–Trinajstić information content (AvgIpc) is 2.56. The summed E-state index contributed by atoms with van der Waals surface area (Å²) in [6.45, 7) is 7.94. The molecule has 1 saturated heterocycles. The highest BCUT2D eigenvalue weighted by atomic mass is 15.3. The van der Waals surface area contributed by atoms with E-state index in [0.29, 0.717) is 6.04 Å². The minimum atomic E-state index is 0.641. The van der Waals surface area contributed by atoms with Gasteiger partial charge in [-0.1, -0.05) is 18.6 Å². The molecule has 120 valence electrons. The lowest BCUT2D eigenvalue weighted by molar-refractivity contribution is 0.317. The zero-order valence-corrected chi connectivity index (χ0v) is 13.8. The molecule has 0 radical (unpaired) electrons. The maximum absolute atomic E-state index is 4.35. The van der Waals surface area contributed by atoms with Crippen LogP contribution in [-0.4, -0.2) is 35.6 Å². The summed E-state index contributed by atoms with van der Waals surface area (Å²) in [7, 11) is 0. The molecule has 1 aliphatic carbocycles. The van der Waals surface area contributed by atoms with Crippen molar-refractivity contribution in [2.75, 3.05) is 24.5 Å². The Labute approximate surface area is 134 Å². The topological polar surface area (TPSA) is 41.0 Å². The lowest BCUT2D eigenvalue weighted by Gasteiger charge is -2.35. The highest BCUT2D eigenvalue weighted by molar-refractivity contribution is 5.29. The molecule has 4 nitrogen and oxygen atoms in total. The third kappa shape index (κ3) is 3.67. The number of allylic oxidation sites excluding steroid dienone is 1. The number of nitrogens with zero attached hydrogens (tertiary/aromatic N) is 3. The molecule has 22 heavy (non-hydrogen) atoms. The average molecular weight is 300 g/mol. The zero-order valence-electron chi connectivity index (χ0n) is 13.8. The molecule has 0 amide bonds. The normalized spacial score (nSPS) is 26.8. The Kier molecular flexibility index (Phi) is 5.08. The maximum Gasteiger partial charge on any atom is 0.225 e. The van der Waals surface area contributed by atoms with E-state index in [0.717, 1.165) is 37.4 Å². The Bertz CT molecular complexity index is 491.